The topological polar surface area (TPSA) is 78.2 Å². The minimum atomic E-state index is -0.281. The molecule has 2 aromatic rings. The molecular weight excluding hydrogens is 304 g/mol. The van der Waals surface area contributed by atoms with E-state index in [9.17, 15) is 5.11 Å². The Hall–Kier alpha value is -2.73. The van der Waals surface area contributed by atoms with Crippen LogP contribution >= 0.6 is 0 Å². The summed E-state index contributed by atoms with van der Waals surface area (Å²) < 4.78 is 5.92. The molecule has 1 aromatic carbocycles. The summed E-state index contributed by atoms with van der Waals surface area (Å²) in [5.41, 5.74) is 7.42. The molecule has 0 saturated carbocycles. The van der Waals surface area contributed by atoms with Crippen molar-refractivity contribution in [2.75, 3.05) is 19.6 Å². The molecule has 1 atom stereocenters. The summed E-state index contributed by atoms with van der Waals surface area (Å²) in [4.78, 5) is 2.08. The number of furan rings is 1. The van der Waals surface area contributed by atoms with Gasteiger partial charge < -0.3 is 20.2 Å². The van der Waals surface area contributed by atoms with Crippen LogP contribution in [0.4, 0.5) is 0 Å². The fraction of sp³-hybridized carbons (Fsp3) is 0.278. The second-order valence-electron chi connectivity index (χ2n) is 6.03. The molecule has 124 valence electrons. The van der Waals surface area contributed by atoms with Gasteiger partial charge in [0.25, 0.3) is 0 Å². The summed E-state index contributed by atoms with van der Waals surface area (Å²) in [6.45, 7) is 2.05. The average molecular weight is 324 g/mol. The van der Waals surface area contributed by atoms with Crippen LogP contribution in [0.2, 0.25) is 0 Å². The summed E-state index contributed by atoms with van der Waals surface area (Å²) in [7, 11) is 0. The Bertz CT molecular complexity index is 803. The van der Waals surface area contributed by atoms with Crippen molar-refractivity contribution in [1.29, 1.82) is 0 Å². The van der Waals surface area contributed by atoms with Crippen molar-refractivity contribution in [2.24, 2.45) is 10.8 Å². The SMILES string of the molecule is N/C=C(/c1cc2ccccc2o1)N1CC=CC(N2CCC(O)C2)=N1. The van der Waals surface area contributed by atoms with E-state index in [1.165, 1.54) is 6.20 Å². The third-order valence-electron chi connectivity index (χ3n) is 4.37. The van der Waals surface area contributed by atoms with E-state index in [4.69, 9.17) is 10.2 Å². The largest absolute Gasteiger partial charge is 0.454 e. The number of fused-ring (bicyclic) bond motifs is 1. The van der Waals surface area contributed by atoms with Gasteiger partial charge in [0.1, 0.15) is 17.1 Å². The molecule has 0 spiro atoms. The van der Waals surface area contributed by atoms with Crippen LogP contribution in [0.3, 0.4) is 0 Å². The summed E-state index contributed by atoms with van der Waals surface area (Å²) in [6.07, 6.45) is 6.05. The molecule has 4 rings (SSSR count). The maximum Gasteiger partial charge on any atom is 0.154 e. The molecule has 0 amide bonds. The third kappa shape index (κ3) is 2.65. The number of aliphatic hydroxyl groups excluding tert-OH is 1. The molecule has 24 heavy (non-hydrogen) atoms. The Morgan fingerprint density at radius 2 is 2.25 bits per heavy atom. The molecule has 3 N–H and O–H groups in total. The second-order valence-corrected chi connectivity index (χ2v) is 6.03. The first-order chi connectivity index (χ1) is 11.7. The number of benzene rings is 1. The Morgan fingerprint density at radius 1 is 1.38 bits per heavy atom. The Kier molecular flexibility index (Phi) is 3.74. The van der Waals surface area contributed by atoms with Gasteiger partial charge in [-0.3, -0.25) is 5.01 Å². The molecule has 1 fully saturated rings. The van der Waals surface area contributed by atoms with E-state index >= 15 is 0 Å². The lowest BCUT2D eigenvalue weighted by Crippen LogP contribution is -2.33. The van der Waals surface area contributed by atoms with E-state index in [0.717, 1.165) is 35.5 Å². The van der Waals surface area contributed by atoms with Gasteiger partial charge in [-0.15, -0.1) is 0 Å². The van der Waals surface area contributed by atoms with Gasteiger partial charge in [-0.25, -0.2) is 0 Å². The van der Waals surface area contributed by atoms with Gasteiger partial charge in [0.2, 0.25) is 0 Å². The highest BCUT2D eigenvalue weighted by Crippen LogP contribution is 2.27. The van der Waals surface area contributed by atoms with Crippen molar-refractivity contribution in [3.8, 4) is 0 Å². The average Bonchev–Trinajstić information content (AvgIpc) is 3.22. The zero-order chi connectivity index (χ0) is 16.5. The lowest BCUT2D eigenvalue weighted by molar-refractivity contribution is 0.188. The number of nitrogens with two attached hydrogens (primary N) is 1. The Morgan fingerprint density at radius 3 is 3.00 bits per heavy atom. The Labute approximate surface area is 140 Å². The van der Waals surface area contributed by atoms with Crippen LogP contribution in [0.5, 0.6) is 0 Å². The summed E-state index contributed by atoms with van der Waals surface area (Å²) in [5.74, 6) is 1.53. The van der Waals surface area contributed by atoms with Crippen molar-refractivity contribution >= 4 is 22.5 Å². The lowest BCUT2D eigenvalue weighted by Gasteiger charge is -2.27. The highest BCUT2D eigenvalue weighted by atomic mass is 16.3. The van der Waals surface area contributed by atoms with E-state index in [0.29, 0.717) is 18.8 Å². The third-order valence-corrected chi connectivity index (χ3v) is 4.37. The number of amidine groups is 1. The molecule has 0 aliphatic carbocycles. The number of rotatable bonds is 2. The van der Waals surface area contributed by atoms with Gasteiger partial charge in [0, 0.05) is 24.7 Å². The summed E-state index contributed by atoms with van der Waals surface area (Å²) >= 11 is 0. The van der Waals surface area contributed by atoms with Crippen LogP contribution < -0.4 is 5.73 Å². The maximum atomic E-state index is 9.73. The summed E-state index contributed by atoms with van der Waals surface area (Å²) in [5, 5.41) is 17.3. The quantitative estimate of drug-likeness (QED) is 0.883. The van der Waals surface area contributed by atoms with Crippen molar-refractivity contribution in [1.82, 2.24) is 9.91 Å². The molecule has 0 radical (unpaired) electrons. The van der Waals surface area contributed by atoms with Crippen LogP contribution in [0.25, 0.3) is 16.7 Å². The zero-order valence-electron chi connectivity index (χ0n) is 13.3. The normalized spacial score (nSPS) is 21.6. The highest BCUT2D eigenvalue weighted by molar-refractivity contribution is 5.94. The minimum Gasteiger partial charge on any atom is -0.454 e. The van der Waals surface area contributed by atoms with Crippen LogP contribution in [0.1, 0.15) is 12.2 Å². The van der Waals surface area contributed by atoms with Crippen LogP contribution in [-0.4, -0.2) is 46.6 Å². The predicted molar refractivity (Wildman–Crippen MR) is 93.9 cm³/mol. The number of likely N-dealkylation sites (tertiary alicyclic amines) is 1. The van der Waals surface area contributed by atoms with Crippen molar-refractivity contribution < 1.29 is 9.52 Å². The Balaban J connectivity index is 1.63. The maximum absolute atomic E-state index is 9.73. The first kappa shape index (κ1) is 14.8. The van der Waals surface area contributed by atoms with Crippen LogP contribution in [0, 0.1) is 0 Å². The molecule has 2 aliphatic heterocycles. The van der Waals surface area contributed by atoms with E-state index in [1.807, 2.05) is 47.5 Å². The number of nitrogens with zero attached hydrogens (tertiary/aromatic N) is 3. The van der Waals surface area contributed by atoms with Crippen molar-refractivity contribution in [3.05, 3.63) is 54.4 Å². The number of hydrogen-bond donors (Lipinski definition) is 2. The van der Waals surface area contributed by atoms with Gasteiger partial charge >= 0.3 is 0 Å². The van der Waals surface area contributed by atoms with Crippen LogP contribution in [-0.2, 0) is 0 Å². The number of para-hydroxylation sites is 1. The molecule has 1 saturated heterocycles. The number of aliphatic hydroxyl groups is 1. The van der Waals surface area contributed by atoms with Crippen molar-refractivity contribution in [2.45, 2.75) is 12.5 Å². The molecule has 6 nitrogen and oxygen atoms in total. The molecule has 3 heterocycles. The van der Waals surface area contributed by atoms with Gasteiger partial charge in [0.15, 0.2) is 5.76 Å². The standard InChI is InChI=1S/C18H20N4O2/c19-11-15(17-10-13-4-1-2-5-16(13)24-17)22-8-3-6-18(20-22)21-9-7-14(23)12-21/h1-6,10-11,14,23H,7-9,12,19H2/b15-11-. The fourth-order valence-corrected chi connectivity index (χ4v) is 3.13. The minimum absolute atomic E-state index is 0.281. The monoisotopic (exact) mass is 324 g/mol. The van der Waals surface area contributed by atoms with Gasteiger partial charge in [-0.1, -0.05) is 24.3 Å². The molecular formula is C18H20N4O2. The predicted octanol–water partition coefficient (Wildman–Crippen LogP) is 1.94. The molecule has 2 aliphatic rings. The highest BCUT2D eigenvalue weighted by Gasteiger charge is 2.25. The zero-order valence-corrected chi connectivity index (χ0v) is 13.3. The van der Waals surface area contributed by atoms with E-state index in [2.05, 4.69) is 10.0 Å². The van der Waals surface area contributed by atoms with E-state index < -0.39 is 0 Å². The van der Waals surface area contributed by atoms with Gasteiger partial charge in [-0.05, 0) is 24.6 Å². The molecule has 0 bridgehead atoms. The lowest BCUT2D eigenvalue weighted by atomic mass is 10.2. The van der Waals surface area contributed by atoms with Gasteiger partial charge in [0.05, 0.1) is 12.6 Å². The number of β-amino-alcohol motifs (C(OH)–C–C–N with tert-alkyl or cyclic N) is 1. The number of hydrazone groups is 1. The molecule has 6 heteroatoms. The first-order valence-corrected chi connectivity index (χ1v) is 8.11. The molecule has 1 aromatic heterocycles. The second kappa shape index (κ2) is 6.05. The fourth-order valence-electron chi connectivity index (χ4n) is 3.13. The molecule has 1 unspecified atom stereocenters. The first-order valence-electron chi connectivity index (χ1n) is 8.11. The van der Waals surface area contributed by atoms with Crippen molar-refractivity contribution in [3.63, 3.8) is 0 Å². The number of hydrogen-bond acceptors (Lipinski definition) is 6. The smallest absolute Gasteiger partial charge is 0.154 e. The van der Waals surface area contributed by atoms with Gasteiger partial charge in [-0.2, -0.15) is 5.10 Å². The van der Waals surface area contributed by atoms with Crippen LogP contribution in [0.15, 0.2) is 58.2 Å². The summed E-state index contributed by atoms with van der Waals surface area (Å²) in [6, 6.07) is 9.84. The van der Waals surface area contributed by atoms with E-state index in [-0.39, 0.29) is 6.10 Å². The van der Waals surface area contributed by atoms with E-state index in [1.54, 1.807) is 0 Å².